The number of ether oxygens (including phenoxy) is 2. The van der Waals surface area contributed by atoms with Crippen molar-refractivity contribution in [2.75, 3.05) is 19.7 Å². The van der Waals surface area contributed by atoms with Crippen LogP contribution in [0.25, 0.3) is 21.8 Å². The van der Waals surface area contributed by atoms with E-state index >= 15 is 0 Å². The quantitative estimate of drug-likeness (QED) is 0.248. The largest absolute Gasteiger partial charge is 0.490 e. The maximum Gasteiger partial charge on any atom is 0.410 e. The van der Waals surface area contributed by atoms with Crippen LogP contribution in [0.15, 0.2) is 65.8 Å². The number of hydrogen-bond donors (Lipinski definition) is 0. The molecule has 0 bridgehead atoms. The van der Waals surface area contributed by atoms with Crippen molar-refractivity contribution in [3.63, 3.8) is 0 Å². The molecule has 9 nitrogen and oxygen atoms in total. The molecule has 1 atom stereocenters. The van der Waals surface area contributed by atoms with E-state index in [1.165, 1.54) is 11.5 Å². The number of aryl methyl sites for hydroxylation is 1. The number of aromatic nitrogens is 4. The summed E-state index contributed by atoms with van der Waals surface area (Å²) in [6.07, 6.45) is 6.75. The van der Waals surface area contributed by atoms with Crippen molar-refractivity contribution in [3.05, 3.63) is 82.7 Å². The van der Waals surface area contributed by atoms with Gasteiger partial charge in [-0.25, -0.2) is 14.8 Å². The molecule has 5 rings (SSSR count). The first-order chi connectivity index (χ1) is 20.1. The van der Waals surface area contributed by atoms with Gasteiger partial charge in [0.2, 0.25) is 0 Å². The number of benzene rings is 1. The molecule has 42 heavy (non-hydrogen) atoms. The molecule has 1 saturated heterocycles. The van der Waals surface area contributed by atoms with Crippen molar-refractivity contribution in [2.45, 2.75) is 59.1 Å². The average molecular weight is 588 g/mol. The molecule has 1 aromatic carbocycles. The molecule has 4 heterocycles. The summed E-state index contributed by atoms with van der Waals surface area (Å²) < 4.78 is 17.6. The molecule has 0 saturated carbocycles. The van der Waals surface area contributed by atoms with Crippen molar-refractivity contribution < 1.29 is 14.3 Å². The fourth-order valence-corrected chi connectivity index (χ4v) is 5.66. The predicted octanol–water partition coefficient (Wildman–Crippen LogP) is 6.37. The highest BCUT2D eigenvalue weighted by Crippen LogP contribution is 2.27. The summed E-state index contributed by atoms with van der Waals surface area (Å²) >= 11 is 1.43. The van der Waals surface area contributed by atoms with Crippen LogP contribution in [0.5, 0.6) is 5.75 Å². The van der Waals surface area contributed by atoms with Gasteiger partial charge in [0.05, 0.1) is 35.6 Å². The van der Waals surface area contributed by atoms with E-state index in [0.29, 0.717) is 37.2 Å². The molecule has 0 radical (unpaired) electrons. The zero-order chi connectivity index (χ0) is 29.9. The Hall–Kier alpha value is -4.05. The lowest BCUT2D eigenvalue weighted by Crippen LogP contribution is -2.42. The van der Waals surface area contributed by atoms with Crippen LogP contribution in [0, 0.1) is 12.8 Å². The van der Waals surface area contributed by atoms with Gasteiger partial charge in [-0.05, 0) is 88.7 Å². The number of rotatable bonds is 7. The third kappa shape index (κ3) is 7.23. The number of pyridine rings is 1. The fraction of sp³-hybridized carbons (Fsp3) is 0.406. The molecular weight excluding hydrogens is 550 g/mol. The molecule has 1 unspecified atom stereocenters. The molecule has 3 aromatic heterocycles. The second-order valence-electron chi connectivity index (χ2n) is 11.8. The third-order valence-electron chi connectivity index (χ3n) is 7.28. The van der Waals surface area contributed by atoms with Gasteiger partial charge in [0.25, 0.3) is 5.56 Å². The molecule has 220 valence electrons. The van der Waals surface area contributed by atoms with Crippen molar-refractivity contribution in [3.8, 4) is 27.6 Å². The molecule has 1 aliphatic rings. The van der Waals surface area contributed by atoms with Gasteiger partial charge in [0.15, 0.2) is 11.6 Å². The standard InChI is InChI=1S/C32H37N5O4S/c1-21-15-28(42-35-21)26-9-10-29(38)37(19-26)22(2)24-7-6-8-25(16-24)30-33-17-27(18-34-30)40-20-23-11-13-36(14-12-23)31(39)41-32(3,4)5/h6-10,15-19,22-23H,11-14,20H2,1-5H3. The molecule has 1 aliphatic heterocycles. The molecule has 0 aliphatic carbocycles. The van der Waals surface area contributed by atoms with E-state index in [0.717, 1.165) is 40.1 Å². The van der Waals surface area contributed by atoms with E-state index < -0.39 is 5.60 Å². The summed E-state index contributed by atoms with van der Waals surface area (Å²) in [5.74, 6) is 1.55. The highest BCUT2D eigenvalue weighted by molar-refractivity contribution is 7.09. The van der Waals surface area contributed by atoms with Crippen LogP contribution in [0.2, 0.25) is 0 Å². The second kappa shape index (κ2) is 12.4. The summed E-state index contributed by atoms with van der Waals surface area (Å²) in [6.45, 7) is 11.5. The van der Waals surface area contributed by atoms with Gasteiger partial charge < -0.3 is 18.9 Å². The van der Waals surface area contributed by atoms with Gasteiger partial charge in [-0.2, -0.15) is 4.37 Å². The summed E-state index contributed by atoms with van der Waals surface area (Å²) in [7, 11) is 0. The molecule has 0 spiro atoms. The molecule has 1 fully saturated rings. The lowest BCUT2D eigenvalue weighted by atomic mass is 9.98. The summed E-state index contributed by atoms with van der Waals surface area (Å²) in [5.41, 5.74) is 3.22. The minimum atomic E-state index is -0.490. The van der Waals surface area contributed by atoms with E-state index in [1.54, 1.807) is 27.9 Å². The monoisotopic (exact) mass is 587 g/mol. The van der Waals surface area contributed by atoms with Crippen LogP contribution >= 0.6 is 11.5 Å². The number of hydrogen-bond acceptors (Lipinski definition) is 8. The van der Waals surface area contributed by atoms with Gasteiger partial charge >= 0.3 is 6.09 Å². The highest BCUT2D eigenvalue weighted by atomic mass is 32.1. The minimum Gasteiger partial charge on any atom is -0.490 e. The summed E-state index contributed by atoms with van der Waals surface area (Å²) in [4.78, 5) is 37.0. The third-order valence-corrected chi connectivity index (χ3v) is 8.20. The Morgan fingerprint density at radius 2 is 1.81 bits per heavy atom. The molecular formula is C32H37N5O4S. The smallest absolute Gasteiger partial charge is 0.410 e. The Morgan fingerprint density at radius 1 is 1.07 bits per heavy atom. The molecule has 0 N–H and O–H groups in total. The maximum absolute atomic E-state index is 12.8. The lowest BCUT2D eigenvalue weighted by Gasteiger charge is -2.33. The number of likely N-dealkylation sites (tertiary alicyclic amines) is 1. The van der Waals surface area contributed by atoms with Gasteiger partial charge in [0, 0.05) is 36.5 Å². The Bertz CT molecular complexity index is 1580. The van der Waals surface area contributed by atoms with Gasteiger partial charge in [0.1, 0.15) is 5.60 Å². The van der Waals surface area contributed by atoms with Gasteiger partial charge in [-0.3, -0.25) is 4.79 Å². The zero-order valence-electron chi connectivity index (χ0n) is 24.7. The van der Waals surface area contributed by atoms with E-state index in [-0.39, 0.29) is 17.7 Å². The Kier molecular flexibility index (Phi) is 8.72. The second-order valence-corrected chi connectivity index (χ2v) is 12.6. The first-order valence-electron chi connectivity index (χ1n) is 14.2. The van der Waals surface area contributed by atoms with Crippen molar-refractivity contribution in [1.82, 2.24) is 23.8 Å². The number of amides is 1. The first-order valence-corrected chi connectivity index (χ1v) is 15.0. The molecule has 10 heteroatoms. The van der Waals surface area contributed by atoms with Crippen LogP contribution in [0.3, 0.4) is 0 Å². The molecule has 4 aromatic rings. The van der Waals surface area contributed by atoms with Crippen molar-refractivity contribution in [1.29, 1.82) is 0 Å². The van der Waals surface area contributed by atoms with Crippen LogP contribution in [0.4, 0.5) is 4.79 Å². The Balaban J connectivity index is 1.20. The highest BCUT2D eigenvalue weighted by Gasteiger charge is 2.27. The van der Waals surface area contributed by atoms with Gasteiger partial charge in [-0.15, -0.1) is 0 Å². The van der Waals surface area contributed by atoms with Gasteiger partial charge in [-0.1, -0.05) is 18.2 Å². The Labute approximate surface area is 250 Å². The van der Waals surface area contributed by atoms with Crippen LogP contribution < -0.4 is 10.3 Å². The topological polar surface area (TPSA) is 99.4 Å². The van der Waals surface area contributed by atoms with E-state index in [9.17, 15) is 9.59 Å². The number of carbonyl (C=O) groups is 1. The first kappa shape index (κ1) is 29.4. The normalized spacial score (nSPS) is 14.9. The molecule has 1 amide bonds. The van der Waals surface area contributed by atoms with E-state index in [2.05, 4.69) is 14.3 Å². The average Bonchev–Trinajstić information content (AvgIpc) is 3.42. The van der Waals surface area contributed by atoms with Crippen LogP contribution in [-0.4, -0.2) is 55.2 Å². The number of nitrogens with zero attached hydrogens (tertiary/aromatic N) is 5. The predicted molar refractivity (Wildman–Crippen MR) is 164 cm³/mol. The van der Waals surface area contributed by atoms with E-state index in [4.69, 9.17) is 9.47 Å². The van der Waals surface area contributed by atoms with Crippen LogP contribution in [-0.2, 0) is 4.74 Å². The van der Waals surface area contributed by atoms with Crippen molar-refractivity contribution in [2.24, 2.45) is 5.92 Å². The fourth-order valence-electron chi connectivity index (χ4n) is 4.91. The van der Waals surface area contributed by atoms with Crippen LogP contribution in [0.1, 0.15) is 57.8 Å². The van der Waals surface area contributed by atoms with Crippen molar-refractivity contribution >= 4 is 17.6 Å². The maximum atomic E-state index is 12.8. The SMILES string of the molecule is Cc1cc(-c2ccc(=O)n(C(C)c3cccc(-c4ncc(OCC5CCN(C(=O)OC(C)(C)C)CC5)cn4)c3)c2)sn1. The summed E-state index contributed by atoms with van der Waals surface area (Å²) in [6, 6.07) is 13.3. The van der Waals surface area contributed by atoms with E-state index in [1.807, 2.05) is 77.2 Å². The summed E-state index contributed by atoms with van der Waals surface area (Å²) in [5, 5.41) is 0. The zero-order valence-corrected chi connectivity index (χ0v) is 25.6. The minimum absolute atomic E-state index is 0.0637. The Morgan fingerprint density at radius 3 is 2.48 bits per heavy atom. The lowest BCUT2D eigenvalue weighted by molar-refractivity contribution is 0.0165. The number of piperidine rings is 1. The number of carbonyl (C=O) groups excluding carboxylic acids is 1.